The number of rotatable bonds is 8. The van der Waals surface area contributed by atoms with Crippen LogP contribution in [0.3, 0.4) is 0 Å². The lowest BCUT2D eigenvalue weighted by molar-refractivity contribution is 0.174. The van der Waals surface area contributed by atoms with Crippen molar-refractivity contribution in [2.24, 2.45) is 4.99 Å². The average molecular weight is 357 g/mol. The number of aliphatic imine (C=N–C) groups is 1. The van der Waals surface area contributed by atoms with Crippen LogP contribution in [0.4, 0.5) is 0 Å². The Hall–Kier alpha value is -2.70. The Bertz CT molecular complexity index is 741. The summed E-state index contributed by atoms with van der Waals surface area (Å²) < 4.78 is 12.9. The van der Waals surface area contributed by atoms with Crippen molar-refractivity contribution >= 4 is 5.96 Å². The van der Waals surface area contributed by atoms with E-state index in [1.807, 2.05) is 37.5 Å². The number of guanidine groups is 1. The van der Waals surface area contributed by atoms with E-state index in [4.69, 9.17) is 9.47 Å². The third-order valence-electron chi connectivity index (χ3n) is 4.24. The maximum Gasteiger partial charge on any atom is 0.231 e. The molecule has 2 aromatic rings. The van der Waals surface area contributed by atoms with Gasteiger partial charge in [0.2, 0.25) is 6.79 Å². The fourth-order valence-corrected chi connectivity index (χ4v) is 2.81. The minimum atomic E-state index is 0.296. The van der Waals surface area contributed by atoms with Crippen LogP contribution in [0, 0.1) is 6.92 Å². The maximum atomic E-state index is 5.42. The van der Waals surface area contributed by atoms with Crippen molar-refractivity contribution in [1.82, 2.24) is 20.2 Å². The lowest BCUT2D eigenvalue weighted by atomic mass is 10.2. The van der Waals surface area contributed by atoms with Crippen LogP contribution in [0.2, 0.25) is 0 Å². The zero-order valence-corrected chi connectivity index (χ0v) is 15.5. The van der Waals surface area contributed by atoms with E-state index in [1.165, 1.54) is 0 Å². The Labute approximate surface area is 154 Å². The van der Waals surface area contributed by atoms with Crippen molar-refractivity contribution in [3.05, 3.63) is 42.0 Å². The van der Waals surface area contributed by atoms with Gasteiger partial charge in [0, 0.05) is 32.0 Å². The first kappa shape index (κ1) is 18.1. The molecule has 0 fully saturated rings. The highest BCUT2D eigenvalue weighted by Gasteiger charge is 2.12. The number of unbranched alkanes of at least 4 members (excludes halogenated alkanes) is 1. The molecule has 0 saturated carbocycles. The summed E-state index contributed by atoms with van der Waals surface area (Å²) in [6.45, 7) is 7.72. The second kappa shape index (κ2) is 9.12. The van der Waals surface area contributed by atoms with Crippen molar-refractivity contribution in [2.75, 3.05) is 19.9 Å². The Morgan fingerprint density at radius 1 is 1.23 bits per heavy atom. The van der Waals surface area contributed by atoms with Gasteiger partial charge in [-0.25, -0.2) is 9.98 Å². The fourth-order valence-electron chi connectivity index (χ4n) is 2.81. The molecule has 1 aliphatic heterocycles. The van der Waals surface area contributed by atoms with Crippen LogP contribution in [-0.4, -0.2) is 35.4 Å². The molecule has 0 saturated heterocycles. The molecule has 0 unspecified atom stereocenters. The zero-order valence-electron chi connectivity index (χ0n) is 15.5. The number of benzene rings is 1. The minimum Gasteiger partial charge on any atom is -0.454 e. The molecule has 0 spiro atoms. The molecular formula is C19H27N5O2. The van der Waals surface area contributed by atoms with Crippen molar-refractivity contribution < 1.29 is 9.47 Å². The van der Waals surface area contributed by atoms with Gasteiger partial charge in [0.1, 0.15) is 5.82 Å². The average Bonchev–Trinajstić information content (AvgIpc) is 3.27. The van der Waals surface area contributed by atoms with Crippen molar-refractivity contribution in [3.63, 3.8) is 0 Å². The number of imidazole rings is 1. The van der Waals surface area contributed by atoms with Crippen LogP contribution >= 0.6 is 0 Å². The second-order valence-electron chi connectivity index (χ2n) is 6.18. The largest absolute Gasteiger partial charge is 0.454 e. The number of aryl methyl sites for hydroxylation is 2. The quantitative estimate of drug-likeness (QED) is 0.431. The first-order valence-electron chi connectivity index (χ1n) is 9.14. The van der Waals surface area contributed by atoms with Crippen LogP contribution in [0.15, 0.2) is 35.6 Å². The molecule has 0 radical (unpaired) electrons. The Morgan fingerprint density at radius 2 is 2.12 bits per heavy atom. The van der Waals surface area contributed by atoms with E-state index in [0.717, 1.165) is 61.3 Å². The van der Waals surface area contributed by atoms with Gasteiger partial charge in [0.05, 0.1) is 6.54 Å². The number of hydrogen-bond acceptors (Lipinski definition) is 4. The Balaban J connectivity index is 1.44. The number of aromatic nitrogens is 2. The monoisotopic (exact) mass is 357 g/mol. The normalized spacial score (nSPS) is 13.1. The molecule has 1 aliphatic rings. The van der Waals surface area contributed by atoms with E-state index < -0.39 is 0 Å². The van der Waals surface area contributed by atoms with Crippen LogP contribution < -0.4 is 20.1 Å². The molecule has 3 rings (SSSR count). The van der Waals surface area contributed by atoms with Crippen LogP contribution in [0.25, 0.3) is 0 Å². The third-order valence-corrected chi connectivity index (χ3v) is 4.24. The summed E-state index contributed by atoms with van der Waals surface area (Å²) in [6.07, 6.45) is 6.05. The highest BCUT2D eigenvalue weighted by Crippen LogP contribution is 2.32. The molecule has 0 amide bonds. The number of fused-ring (bicyclic) bond motifs is 1. The van der Waals surface area contributed by atoms with Gasteiger partial charge in [-0.3, -0.25) is 0 Å². The van der Waals surface area contributed by atoms with E-state index in [9.17, 15) is 0 Å². The highest BCUT2D eigenvalue weighted by molar-refractivity contribution is 5.79. The number of nitrogens with zero attached hydrogens (tertiary/aromatic N) is 3. The van der Waals surface area contributed by atoms with Gasteiger partial charge < -0.3 is 24.7 Å². The van der Waals surface area contributed by atoms with Gasteiger partial charge in [-0.1, -0.05) is 6.07 Å². The van der Waals surface area contributed by atoms with Crippen molar-refractivity contribution in [2.45, 2.75) is 39.8 Å². The Kier molecular flexibility index (Phi) is 6.35. The molecule has 26 heavy (non-hydrogen) atoms. The Morgan fingerprint density at radius 3 is 2.92 bits per heavy atom. The van der Waals surface area contributed by atoms with Crippen LogP contribution in [0.1, 0.15) is 31.2 Å². The molecule has 0 atom stereocenters. The summed E-state index contributed by atoms with van der Waals surface area (Å²) in [5, 5.41) is 6.68. The van der Waals surface area contributed by atoms with E-state index in [1.54, 1.807) is 0 Å². The maximum absolute atomic E-state index is 5.42. The summed E-state index contributed by atoms with van der Waals surface area (Å²) in [5.74, 6) is 3.50. The number of hydrogen-bond donors (Lipinski definition) is 2. The zero-order chi connectivity index (χ0) is 18.2. The minimum absolute atomic E-state index is 0.296. The summed E-state index contributed by atoms with van der Waals surface area (Å²) in [4.78, 5) is 8.90. The highest BCUT2D eigenvalue weighted by atomic mass is 16.7. The molecule has 1 aromatic heterocycles. The third kappa shape index (κ3) is 4.91. The van der Waals surface area contributed by atoms with Crippen molar-refractivity contribution in [3.8, 4) is 11.5 Å². The number of nitrogens with one attached hydrogen (secondary N) is 2. The molecule has 140 valence electrons. The van der Waals surface area contributed by atoms with E-state index >= 15 is 0 Å². The standard InChI is InChI=1S/C19H27N5O2/c1-3-20-19(22-8-4-5-10-24-11-9-21-15(24)2)23-13-16-6-7-17-18(12-16)26-14-25-17/h6-7,9,11-12H,3-5,8,10,13-14H2,1-2H3,(H2,20,22,23). The molecule has 2 heterocycles. The molecule has 0 bridgehead atoms. The van der Waals surface area contributed by atoms with Gasteiger partial charge in [0.15, 0.2) is 17.5 Å². The summed E-state index contributed by atoms with van der Waals surface area (Å²) in [5.41, 5.74) is 1.10. The number of ether oxygens (including phenoxy) is 2. The van der Waals surface area contributed by atoms with E-state index in [-0.39, 0.29) is 0 Å². The molecule has 7 heteroatoms. The lowest BCUT2D eigenvalue weighted by Crippen LogP contribution is -2.37. The molecular weight excluding hydrogens is 330 g/mol. The second-order valence-corrected chi connectivity index (χ2v) is 6.18. The van der Waals surface area contributed by atoms with Gasteiger partial charge in [-0.2, -0.15) is 0 Å². The van der Waals surface area contributed by atoms with Crippen molar-refractivity contribution in [1.29, 1.82) is 0 Å². The van der Waals surface area contributed by atoms with Crippen LogP contribution in [-0.2, 0) is 13.1 Å². The smallest absolute Gasteiger partial charge is 0.231 e. The summed E-state index contributed by atoms with van der Waals surface area (Å²) >= 11 is 0. The molecule has 2 N–H and O–H groups in total. The van der Waals surface area contributed by atoms with Gasteiger partial charge in [0.25, 0.3) is 0 Å². The molecule has 0 aliphatic carbocycles. The van der Waals surface area contributed by atoms with E-state index in [0.29, 0.717) is 13.3 Å². The lowest BCUT2D eigenvalue weighted by Gasteiger charge is -2.11. The molecule has 7 nitrogen and oxygen atoms in total. The first-order valence-corrected chi connectivity index (χ1v) is 9.14. The first-order chi connectivity index (χ1) is 12.8. The van der Waals surface area contributed by atoms with E-state index in [2.05, 4.69) is 32.1 Å². The fraction of sp³-hybridized carbons (Fsp3) is 0.474. The summed E-state index contributed by atoms with van der Waals surface area (Å²) in [6, 6.07) is 5.95. The predicted octanol–water partition coefficient (Wildman–Crippen LogP) is 2.46. The molecule has 1 aromatic carbocycles. The predicted molar refractivity (Wildman–Crippen MR) is 102 cm³/mol. The van der Waals surface area contributed by atoms with Gasteiger partial charge in [-0.05, 0) is 44.4 Å². The van der Waals surface area contributed by atoms with Gasteiger partial charge >= 0.3 is 0 Å². The SMILES string of the molecule is CCNC(=NCc1ccc2c(c1)OCO2)NCCCCn1ccnc1C. The van der Waals surface area contributed by atoms with Crippen LogP contribution in [0.5, 0.6) is 11.5 Å². The van der Waals surface area contributed by atoms with Gasteiger partial charge in [-0.15, -0.1) is 0 Å². The summed E-state index contributed by atoms with van der Waals surface area (Å²) in [7, 11) is 0. The topological polar surface area (TPSA) is 72.7 Å².